The SMILES string of the molecule is CCC1CC(CC(=O)OC)(C(C)N)CCO1. The van der Waals surface area contributed by atoms with Gasteiger partial charge in [-0.2, -0.15) is 0 Å². The zero-order valence-electron chi connectivity index (χ0n) is 10.5. The van der Waals surface area contributed by atoms with Gasteiger partial charge in [0.25, 0.3) is 0 Å². The summed E-state index contributed by atoms with van der Waals surface area (Å²) in [5.41, 5.74) is 5.91. The molecule has 16 heavy (non-hydrogen) atoms. The summed E-state index contributed by atoms with van der Waals surface area (Å²) in [7, 11) is 1.42. The molecule has 3 atom stereocenters. The van der Waals surface area contributed by atoms with E-state index in [9.17, 15) is 4.79 Å². The predicted octanol–water partition coefficient (Wildman–Crippen LogP) is 1.47. The average molecular weight is 229 g/mol. The van der Waals surface area contributed by atoms with Crippen molar-refractivity contribution in [3.05, 3.63) is 0 Å². The fourth-order valence-corrected chi connectivity index (χ4v) is 2.40. The molecule has 0 amide bonds. The Morgan fingerprint density at radius 3 is 2.88 bits per heavy atom. The van der Waals surface area contributed by atoms with Gasteiger partial charge in [-0.25, -0.2) is 0 Å². The zero-order valence-corrected chi connectivity index (χ0v) is 10.5. The Kier molecular flexibility index (Phi) is 4.74. The molecule has 0 aromatic rings. The van der Waals surface area contributed by atoms with Crippen molar-refractivity contribution in [2.45, 2.75) is 51.7 Å². The van der Waals surface area contributed by atoms with E-state index in [2.05, 4.69) is 6.92 Å². The van der Waals surface area contributed by atoms with Crippen molar-refractivity contribution >= 4 is 5.97 Å². The van der Waals surface area contributed by atoms with Crippen LogP contribution in [-0.2, 0) is 14.3 Å². The van der Waals surface area contributed by atoms with Crippen LogP contribution in [0.1, 0.15) is 39.5 Å². The van der Waals surface area contributed by atoms with Crippen LogP contribution in [0.3, 0.4) is 0 Å². The lowest BCUT2D eigenvalue weighted by Gasteiger charge is -2.43. The summed E-state index contributed by atoms with van der Waals surface area (Å²) in [6.45, 7) is 4.76. The summed E-state index contributed by atoms with van der Waals surface area (Å²) in [6, 6.07) is -0.00968. The lowest BCUT2D eigenvalue weighted by Crippen LogP contribution is -2.47. The van der Waals surface area contributed by atoms with E-state index in [0.29, 0.717) is 13.0 Å². The normalized spacial score (nSPS) is 32.1. The molecule has 0 saturated carbocycles. The number of esters is 1. The maximum atomic E-state index is 11.5. The van der Waals surface area contributed by atoms with E-state index in [1.807, 2.05) is 6.92 Å². The van der Waals surface area contributed by atoms with Crippen molar-refractivity contribution < 1.29 is 14.3 Å². The summed E-state index contributed by atoms with van der Waals surface area (Å²) in [4.78, 5) is 11.5. The Hall–Kier alpha value is -0.610. The first-order valence-electron chi connectivity index (χ1n) is 5.98. The van der Waals surface area contributed by atoms with Gasteiger partial charge in [-0.1, -0.05) is 6.92 Å². The maximum Gasteiger partial charge on any atom is 0.306 e. The van der Waals surface area contributed by atoms with E-state index in [4.69, 9.17) is 15.2 Å². The van der Waals surface area contributed by atoms with Gasteiger partial charge in [0, 0.05) is 18.1 Å². The number of methoxy groups -OCH3 is 1. The third-order valence-corrected chi connectivity index (χ3v) is 3.73. The van der Waals surface area contributed by atoms with Crippen LogP contribution in [0.15, 0.2) is 0 Å². The molecule has 0 spiro atoms. The van der Waals surface area contributed by atoms with Gasteiger partial charge in [0.15, 0.2) is 0 Å². The molecule has 0 aromatic carbocycles. The zero-order chi connectivity index (χ0) is 12.2. The van der Waals surface area contributed by atoms with E-state index in [1.54, 1.807) is 0 Å². The van der Waals surface area contributed by atoms with Gasteiger partial charge in [0.2, 0.25) is 0 Å². The van der Waals surface area contributed by atoms with Crippen LogP contribution in [0.2, 0.25) is 0 Å². The van der Waals surface area contributed by atoms with Crippen LogP contribution in [0, 0.1) is 5.41 Å². The number of carbonyl (C=O) groups excluding carboxylic acids is 1. The Labute approximate surface area is 97.5 Å². The first-order chi connectivity index (χ1) is 7.54. The number of rotatable bonds is 4. The molecule has 0 aliphatic carbocycles. The van der Waals surface area contributed by atoms with Crippen molar-refractivity contribution in [2.75, 3.05) is 13.7 Å². The molecular formula is C12H23NO3. The third-order valence-electron chi connectivity index (χ3n) is 3.73. The highest BCUT2D eigenvalue weighted by atomic mass is 16.5. The van der Waals surface area contributed by atoms with Crippen molar-refractivity contribution in [2.24, 2.45) is 11.1 Å². The van der Waals surface area contributed by atoms with Crippen LogP contribution in [0.4, 0.5) is 0 Å². The van der Waals surface area contributed by atoms with E-state index in [-0.39, 0.29) is 23.5 Å². The quantitative estimate of drug-likeness (QED) is 0.742. The second-order valence-electron chi connectivity index (χ2n) is 4.76. The van der Waals surface area contributed by atoms with Crippen molar-refractivity contribution in [1.29, 1.82) is 0 Å². The number of ether oxygens (including phenoxy) is 2. The molecule has 2 N–H and O–H groups in total. The standard InChI is InChI=1S/C12H23NO3/c1-4-10-7-12(9(2)13,5-6-16-10)8-11(14)15-3/h9-10H,4-8,13H2,1-3H3. The monoisotopic (exact) mass is 229 g/mol. The number of nitrogens with two attached hydrogens (primary N) is 1. The molecule has 4 nitrogen and oxygen atoms in total. The highest BCUT2D eigenvalue weighted by Gasteiger charge is 2.41. The molecule has 0 bridgehead atoms. The van der Waals surface area contributed by atoms with Crippen LogP contribution < -0.4 is 5.73 Å². The largest absolute Gasteiger partial charge is 0.469 e. The fourth-order valence-electron chi connectivity index (χ4n) is 2.40. The maximum absolute atomic E-state index is 11.5. The molecule has 1 aliphatic heterocycles. The number of hydrogen-bond donors (Lipinski definition) is 1. The highest BCUT2D eigenvalue weighted by Crippen LogP contribution is 2.40. The van der Waals surface area contributed by atoms with Crippen LogP contribution in [0.5, 0.6) is 0 Å². The molecule has 1 aliphatic rings. The summed E-state index contributed by atoms with van der Waals surface area (Å²) >= 11 is 0. The summed E-state index contributed by atoms with van der Waals surface area (Å²) in [5, 5.41) is 0. The summed E-state index contributed by atoms with van der Waals surface area (Å²) in [5.74, 6) is -0.172. The molecule has 0 aromatic heterocycles. The van der Waals surface area contributed by atoms with Gasteiger partial charge < -0.3 is 15.2 Å². The van der Waals surface area contributed by atoms with Gasteiger partial charge in [-0.3, -0.25) is 4.79 Å². The van der Waals surface area contributed by atoms with Crippen LogP contribution >= 0.6 is 0 Å². The van der Waals surface area contributed by atoms with E-state index < -0.39 is 0 Å². The second kappa shape index (κ2) is 5.64. The summed E-state index contributed by atoms with van der Waals surface area (Å²) in [6.07, 6.45) is 3.30. The third kappa shape index (κ3) is 2.95. The Morgan fingerprint density at radius 2 is 2.38 bits per heavy atom. The van der Waals surface area contributed by atoms with Crippen molar-refractivity contribution in [3.63, 3.8) is 0 Å². The van der Waals surface area contributed by atoms with Gasteiger partial charge >= 0.3 is 5.97 Å². The van der Waals surface area contributed by atoms with Gasteiger partial charge in [-0.05, 0) is 26.2 Å². The smallest absolute Gasteiger partial charge is 0.306 e. The van der Waals surface area contributed by atoms with Gasteiger partial charge in [0.1, 0.15) is 0 Å². The minimum absolute atomic E-state index is 0.00968. The predicted molar refractivity (Wildman–Crippen MR) is 62.0 cm³/mol. The minimum Gasteiger partial charge on any atom is -0.469 e. The molecule has 4 heteroatoms. The lowest BCUT2D eigenvalue weighted by molar-refractivity contribution is -0.147. The second-order valence-corrected chi connectivity index (χ2v) is 4.76. The average Bonchev–Trinajstić information content (AvgIpc) is 2.28. The Bertz CT molecular complexity index is 242. The first-order valence-corrected chi connectivity index (χ1v) is 5.98. The molecule has 1 saturated heterocycles. The van der Waals surface area contributed by atoms with E-state index >= 15 is 0 Å². The van der Waals surface area contributed by atoms with E-state index in [1.165, 1.54) is 7.11 Å². The highest BCUT2D eigenvalue weighted by molar-refractivity contribution is 5.70. The van der Waals surface area contributed by atoms with Gasteiger partial charge in [-0.15, -0.1) is 0 Å². The number of hydrogen-bond acceptors (Lipinski definition) is 4. The Morgan fingerprint density at radius 1 is 1.69 bits per heavy atom. The number of carbonyl (C=O) groups is 1. The lowest BCUT2D eigenvalue weighted by atomic mass is 9.70. The molecule has 1 rings (SSSR count). The molecule has 1 fully saturated rings. The van der Waals surface area contributed by atoms with Crippen molar-refractivity contribution in [3.8, 4) is 0 Å². The topological polar surface area (TPSA) is 61.5 Å². The van der Waals surface area contributed by atoms with Crippen LogP contribution in [-0.4, -0.2) is 31.8 Å². The fraction of sp³-hybridized carbons (Fsp3) is 0.917. The summed E-state index contributed by atoms with van der Waals surface area (Å²) < 4.78 is 10.4. The van der Waals surface area contributed by atoms with Crippen LogP contribution in [0.25, 0.3) is 0 Å². The van der Waals surface area contributed by atoms with Gasteiger partial charge in [0.05, 0.1) is 19.6 Å². The molecule has 3 unspecified atom stereocenters. The molecule has 0 radical (unpaired) electrons. The molecule has 94 valence electrons. The van der Waals surface area contributed by atoms with E-state index in [0.717, 1.165) is 19.3 Å². The van der Waals surface area contributed by atoms with Crippen molar-refractivity contribution in [1.82, 2.24) is 0 Å². The first kappa shape index (κ1) is 13.5. The minimum atomic E-state index is -0.172. The molecular weight excluding hydrogens is 206 g/mol. The Balaban J connectivity index is 2.75. The molecule has 1 heterocycles.